The molecule has 18 heavy (non-hydrogen) atoms. The fourth-order valence-corrected chi connectivity index (χ4v) is 2.58. The molecule has 0 unspecified atom stereocenters. The van der Waals surface area contributed by atoms with Crippen LogP contribution in [0, 0.1) is 6.92 Å². The van der Waals surface area contributed by atoms with Gasteiger partial charge in [0.15, 0.2) is 0 Å². The lowest BCUT2D eigenvalue weighted by Crippen LogP contribution is -2.11. The summed E-state index contributed by atoms with van der Waals surface area (Å²) in [4.78, 5) is 5.52. The highest BCUT2D eigenvalue weighted by atomic mass is 32.1. The Labute approximate surface area is 112 Å². The second-order valence-corrected chi connectivity index (χ2v) is 5.52. The predicted molar refractivity (Wildman–Crippen MR) is 74.5 cm³/mol. The van der Waals surface area contributed by atoms with Crippen molar-refractivity contribution in [1.82, 2.24) is 10.3 Å². The molecule has 2 rings (SSSR count). The first kappa shape index (κ1) is 13.2. The number of aromatic nitrogens is 1. The summed E-state index contributed by atoms with van der Waals surface area (Å²) in [5.74, 6) is 0. The minimum absolute atomic E-state index is 0.669. The van der Waals surface area contributed by atoms with Gasteiger partial charge < -0.3 is 10.1 Å². The second-order valence-electron chi connectivity index (χ2n) is 4.20. The number of methoxy groups -OCH3 is 1. The van der Waals surface area contributed by atoms with Gasteiger partial charge in [-0.3, -0.25) is 0 Å². The Bertz CT molecular complexity index is 496. The van der Waals surface area contributed by atoms with Crippen LogP contribution in [0.2, 0.25) is 0 Å². The van der Waals surface area contributed by atoms with E-state index in [9.17, 15) is 0 Å². The largest absolute Gasteiger partial charge is 0.380 e. The van der Waals surface area contributed by atoms with E-state index in [-0.39, 0.29) is 0 Å². The van der Waals surface area contributed by atoms with Crippen LogP contribution in [0.1, 0.15) is 21.0 Å². The number of ether oxygens (including phenoxy) is 1. The first-order valence-corrected chi connectivity index (χ1v) is 6.78. The van der Waals surface area contributed by atoms with Crippen molar-refractivity contribution in [3.63, 3.8) is 0 Å². The standard InChI is InChI=1S/C14H18N2OS/c1-11-16-9-14(18-11)8-15-7-12-4-3-5-13(6-12)10-17-2/h3-6,9,15H,7-8,10H2,1-2H3. The number of benzene rings is 1. The first-order valence-electron chi connectivity index (χ1n) is 5.96. The molecule has 0 fully saturated rings. The maximum absolute atomic E-state index is 5.13. The molecule has 3 nitrogen and oxygen atoms in total. The first-order chi connectivity index (χ1) is 8.78. The van der Waals surface area contributed by atoms with E-state index in [2.05, 4.69) is 34.6 Å². The third-order valence-electron chi connectivity index (χ3n) is 2.60. The molecule has 0 spiro atoms. The minimum Gasteiger partial charge on any atom is -0.380 e. The van der Waals surface area contributed by atoms with Gasteiger partial charge in [0.2, 0.25) is 0 Å². The molecule has 4 heteroatoms. The van der Waals surface area contributed by atoms with Gasteiger partial charge in [0.25, 0.3) is 0 Å². The lowest BCUT2D eigenvalue weighted by Gasteiger charge is -2.05. The van der Waals surface area contributed by atoms with E-state index < -0.39 is 0 Å². The highest BCUT2D eigenvalue weighted by Crippen LogP contribution is 2.11. The molecule has 0 saturated heterocycles. The van der Waals surface area contributed by atoms with Crippen molar-refractivity contribution in [2.75, 3.05) is 7.11 Å². The molecule has 0 bridgehead atoms. The molecule has 1 aromatic heterocycles. The molecule has 0 saturated carbocycles. The molecule has 0 aliphatic rings. The number of thiazole rings is 1. The maximum Gasteiger partial charge on any atom is 0.0897 e. The Morgan fingerprint density at radius 2 is 2.11 bits per heavy atom. The maximum atomic E-state index is 5.13. The van der Waals surface area contributed by atoms with Gasteiger partial charge >= 0.3 is 0 Å². The van der Waals surface area contributed by atoms with Gasteiger partial charge in [-0.25, -0.2) is 4.98 Å². The quantitative estimate of drug-likeness (QED) is 0.869. The van der Waals surface area contributed by atoms with E-state index in [0.29, 0.717) is 6.61 Å². The molecular weight excluding hydrogens is 244 g/mol. The highest BCUT2D eigenvalue weighted by Gasteiger charge is 1.99. The Morgan fingerprint density at radius 3 is 2.83 bits per heavy atom. The predicted octanol–water partition coefficient (Wildman–Crippen LogP) is 2.89. The zero-order valence-corrected chi connectivity index (χ0v) is 11.6. The lowest BCUT2D eigenvalue weighted by molar-refractivity contribution is 0.185. The van der Waals surface area contributed by atoms with Gasteiger partial charge in [-0.1, -0.05) is 24.3 Å². The van der Waals surface area contributed by atoms with Crippen molar-refractivity contribution in [3.05, 3.63) is 51.5 Å². The molecule has 1 aromatic carbocycles. The fraction of sp³-hybridized carbons (Fsp3) is 0.357. The van der Waals surface area contributed by atoms with E-state index in [0.717, 1.165) is 18.1 Å². The van der Waals surface area contributed by atoms with Crippen molar-refractivity contribution in [3.8, 4) is 0 Å². The molecule has 0 amide bonds. The topological polar surface area (TPSA) is 34.1 Å². The third-order valence-corrected chi connectivity index (χ3v) is 3.51. The van der Waals surface area contributed by atoms with Crippen molar-refractivity contribution in [2.24, 2.45) is 0 Å². The van der Waals surface area contributed by atoms with Crippen LogP contribution in [-0.2, 0) is 24.4 Å². The highest BCUT2D eigenvalue weighted by molar-refractivity contribution is 7.11. The van der Waals surface area contributed by atoms with Gasteiger partial charge in [-0.05, 0) is 18.1 Å². The number of hydrogen-bond donors (Lipinski definition) is 1. The summed E-state index contributed by atoms with van der Waals surface area (Å²) in [7, 11) is 1.72. The van der Waals surface area contributed by atoms with E-state index in [4.69, 9.17) is 4.74 Å². The van der Waals surface area contributed by atoms with Crippen molar-refractivity contribution in [2.45, 2.75) is 26.6 Å². The van der Waals surface area contributed by atoms with E-state index in [1.54, 1.807) is 18.4 Å². The molecule has 0 aliphatic carbocycles. The summed E-state index contributed by atoms with van der Waals surface area (Å²) in [6, 6.07) is 8.46. The van der Waals surface area contributed by atoms with E-state index in [1.165, 1.54) is 16.0 Å². The van der Waals surface area contributed by atoms with Crippen LogP contribution in [0.25, 0.3) is 0 Å². The van der Waals surface area contributed by atoms with Crippen molar-refractivity contribution >= 4 is 11.3 Å². The molecule has 0 atom stereocenters. The van der Waals surface area contributed by atoms with Gasteiger partial charge in [-0.2, -0.15) is 0 Å². The molecule has 0 aliphatic heterocycles. The summed E-state index contributed by atoms with van der Waals surface area (Å²) in [6.07, 6.45) is 1.94. The lowest BCUT2D eigenvalue weighted by atomic mass is 10.1. The zero-order chi connectivity index (χ0) is 12.8. The van der Waals surface area contributed by atoms with Crippen LogP contribution in [0.5, 0.6) is 0 Å². The summed E-state index contributed by atoms with van der Waals surface area (Å²) >= 11 is 1.74. The molecule has 0 radical (unpaired) electrons. The number of aryl methyl sites for hydroxylation is 1. The summed E-state index contributed by atoms with van der Waals surface area (Å²) in [5.41, 5.74) is 2.50. The van der Waals surface area contributed by atoms with Crippen LogP contribution in [0.15, 0.2) is 30.5 Å². The monoisotopic (exact) mass is 262 g/mol. The molecule has 96 valence electrons. The van der Waals surface area contributed by atoms with Gasteiger partial charge in [0.1, 0.15) is 0 Å². The Hall–Kier alpha value is -1.23. The number of nitrogens with one attached hydrogen (secondary N) is 1. The zero-order valence-electron chi connectivity index (χ0n) is 10.8. The van der Waals surface area contributed by atoms with E-state index in [1.807, 2.05) is 13.1 Å². The van der Waals surface area contributed by atoms with Gasteiger partial charge in [0, 0.05) is 31.3 Å². The Balaban J connectivity index is 1.84. The fourth-order valence-electron chi connectivity index (χ4n) is 1.81. The van der Waals surface area contributed by atoms with Crippen molar-refractivity contribution in [1.29, 1.82) is 0 Å². The summed E-state index contributed by atoms with van der Waals surface area (Å²) in [6.45, 7) is 4.44. The van der Waals surface area contributed by atoms with E-state index >= 15 is 0 Å². The molecule has 2 aromatic rings. The normalized spacial score (nSPS) is 10.8. The smallest absolute Gasteiger partial charge is 0.0897 e. The van der Waals surface area contributed by atoms with Crippen LogP contribution in [0.4, 0.5) is 0 Å². The van der Waals surface area contributed by atoms with Crippen LogP contribution in [0.3, 0.4) is 0 Å². The minimum atomic E-state index is 0.669. The average molecular weight is 262 g/mol. The summed E-state index contributed by atoms with van der Waals surface area (Å²) in [5, 5.41) is 4.55. The van der Waals surface area contributed by atoms with Gasteiger partial charge in [-0.15, -0.1) is 11.3 Å². The molecule has 1 heterocycles. The number of hydrogen-bond acceptors (Lipinski definition) is 4. The number of rotatable bonds is 6. The number of nitrogens with zero attached hydrogens (tertiary/aromatic N) is 1. The molecular formula is C14H18N2OS. The second kappa shape index (κ2) is 6.64. The van der Waals surface area contributed by atoms with Crippen LogP contribution in [-0.4, -0.2) is 12.1 Å². The molecule has 1 N–H and O–H groups in total. The Morgan fingerprint density at radius 1 is 1.28 bits per heavy atom. The average Bonchev–Trinajstić information content (AvgIpc) is 2.76. The van der Waals surface area contributed by atoms with Crippen molar-refractivity contribution < 1.29 is 4.74 Å². The van der Waals surface area contributed by atoms with Crippen LogP contribution >= 0.6 is 11.3 Å². The van der Waals surface area contributed by atoms with Gasteiger partial charge in [0.05, 0.1) is 11.6 Å². The Kier molecular flexibility index (Phi) is 4.87. The summed E-state index contributed by atoms with van der Waals surface area (Å²) < 4.78 is 5.13. The van der Waals surface area contributed by atoms with Crippen LogP contribution < -0.4 is 5.32 Å². The third kappa shape index (κ3) is 3.91. The SMILES string of the molecule is COCc1cccc(CNCc2cnc(C)s2)c1.